The van der Waals surface area contributed by atoms with E-state index in [4.69, 9.17) is 11.2 Å². The van der Waals surface area contributed by atoms with Crippen molar-refractivity contribution in [2.75, 3.05) is 26.2 Å². The second-order valence-electron chi connectivity index (χ2n) is 7.12. The monoisotopic (exact) mass is 372 g/mol. The topological polar surface area (TPSA) is 84.1 Å². The van der Waals surface area contributed by atoms with E-state index >= 15 is 0 Å². The molecule has 0 spiro atoms. The highest BCUT2D eigenvalue weighted by molar-refractivity contribution is 5.76. The van der Waals surface area contributed by atoms with E-state index in [1.165, 1.54) is 0 Å². The number of nitrogens with zero attached hydrogens (tertiary/aromatic N) is 5. The molecule has 8 nitrogen and oxygen atoms in total. The van der Waals surface area contributed by atoms with Crippen LogP contribution >= 0.6 is 0 Å². The van der Waals surface area contributed by atoms with Crippen LogP contribution in [0.2, 0.25) is 0 Å². The SMILES string of the molecule is C#CCCC1(CCC(=O)NC[C@@H]2OCCN(CC)[C@H]2c2cnn(C)c2)N=N1. The summed E-state index contributed by atoms with van der Waals surface area (Å²) in [5, 5.41) is 15.5. The first kappa shape index (κ1) is 19.5. The van der Waals surface area contributed by atoms with Crippen LogP contribution in [-0.2, 0) is 16.6 Å². The molecule has 0 unspecified atom stereocenters. The van der Waals surface area contributed by atoms with Gasteiger partial charge in [-0.05, 0) is 6.54 Å². The summed E-state index contributed by atoms with van der Waals surface area (Å²) in [6.07, 6.45) is 11.4. The number of aromatic nitrogens is 2. The van der Waals surface area contributed by atoms with E-state index < -0.39 is 5.66 Å². The highest BCUT2D eigenvalue weighted by Gasteiger charge is 2.39. The molecule has 1 fully saturated rings. The Morgan fingerprint density at radius 3 is 2.93 bits per heavy atom. The van der Waals surface area contributed by atoms with Gasteiger partial charge in [0, 0.05) is 57.6 Å². The van der Waals surface area contributed by atoms with Gasteiger partial charge in [-0.1, -0.05) is 6.92 Å². The number of morpholine rings is 1. The summed E-state index contributed by atoms with van der Waals surface area (Å²) in [4.78, 5) is 14.7. The number of nitrogens with one attached hydrogen (secondary N) is 1. The maximum absolute atomic E-state index is 12.3. The number of hydrogen-bond acceptors (Lipinski definition) is 6. The Labute approximate surface area is 160 Å². The van der Waals surface area contributed by atoms with Gasteiger partial charge in [-0.15, -0.1) is 12.3 Å². The molecule has 2 aliphatic rings. The van der Waals surface area contributed by atoms with Gasteiger partial charge in [0.05, 0.1) is 24.9 Å². The molecule has 0 bridgehead atoms. The van der Waals surface area contributed by atoms with E-state index in [1.807, 2.05) is 19.4 Å². The molecule has 0 aromatic carbocycles. The summed E-state index contributed by atoms with van der Waals surface area (Å²) in [6, 6.07) is 0.0909. The molecule has 0 radical (unpaired) electrons. The summed E-state index contributed by atoms with van der Waals surface area (Å²) in [5.74, 6) is 2.60. The summed E-state index contributed by atoms with van der Waals surface area (Å²) in [7, 11) is 1.91. The summed E-state index contributed by atoms with van der Waals surface area (Å²) >= 11 is 0. The molecule has 0 saturated carbocycles. The van der Waals surface area contributed by atoms with Crippen molar-refractivity contribution in [3.63, 3.8) is 0 Å². The van der Waals surface area contributed by atoms with Gasteiger partial charge in [0.1, 0.15) is 0 Å². The number of aryl methyl sites for hydroxylation is 1. The molecule has 1 N–H and O–H groups in total. The molecule has 1 aromatic rings. The van der Waals surface area contributed by atoms with Crippen molar-refractivity contribution >= 4 is 5.91 Å². The standard InChI is InChI=1S/C19H28N6O2/c1-4-6-8-19(22-23-19)9-7-17(26)20-13-16-18(15-12-21-24(3)14-15)25(5-2)10-11-27-16/h1,12,14,16,18H,5-11,13H2,2-3H3,(H,20,26)/t16-,18-/m0/s1. The van der Waals surface area contributed by atoms with E-state index in [2.05, 4.69) is 38.4 Å². The van der Waals surface area contributed by atoms with Crippen molar-refractivity contribution < 1.29 is 9.53 Å². The lowest BCUT2D eigenvalue weighted by molar-refractivity contribution is -0.123. The van der Waals surface area contributed by atoms with Gasteiger partial charge in [0.15, 0.2) is 5.66 Å². The average molecular weight is 372 g/mol. The fraction of sp³-hybridized carbons (Fsp3) is 0.684. The van der Waals surface area contributed by atoms with Crippen LogP contribution in [0.5, 0.6) is 0 Å². The minimum Gasteiger partial charge on any atom is -0.373 e. The molecule has 1 aromatic heterocycles. The predicted molar refractivity (Wildman–Crippen MR) is 101 cm³/mol. The predicted octanol–water partition coefficient (Wildman–Crippen LogP) is 1.65. The van der Waals surface area contributed by atoms with Crippen LogP contribution in [0, 0.1) is 12.3 Å². The summed E-state index contributed by atoms with van der Waals surface area (Å²) in [5.41, 5.74) is 0.699. The highest BCUT2D eigenvalue weighted by atomic mass is 16.5. The molecular weight excluding hydrogens is 344 g/mol. The Hall–Kier alpha value is -2.24. The van der Waals surface area contributed by atoms with Gasteiger partial charge in [-0.3, -0.25) is 14.4 Å². The van der Waals surface area contributed by atoms with Crippen molar-refractivity contribution in [1.29, 1.82) is 0 Å². The zero-order valence-corrected chi connectivity index (χ0v) is 16.1. The Kier molecular flexibility index (Phi) is 6.24. The molecule has 1 amide bonds. The third-order valence-corrected chi connectivity index (χ3v) is 5.23. The van der Waals surface area contributed by atoms with Crippen LogP contribution in [0.25, 0.3) is 0 Å². The lowest BCUT2D eigenvalue weighted by Crippen LogP contribution is -2.49. The van der Waals surface area contributed by atoms with Crippen LogP contribution in [0.1, 0.15) is 44.2 Å². The number of amides is 1. The largest absolute Gasteiger partial charge is 0.373 e. The molecule has 146 valence electrons. The molecule has 0 aliphatic carbocycles. The van der Waals surface area contributed by atoms with Crippen LogP contribution in [0.3, 0.4) is 0 Å². The first-order chi connectivity index (χ1) is 13.1. The van der Waals surface area contributed by atoms with Crippen LogP contribution in [0.15, 0.2) is 22.6 Å². The molecule has 3 heterocycles. The zero-order valence-electron chi connectivity index (χ0n) is 16.1. The fourth-order valence-corrected chi connectivity index (χ4v) is 3.62. The second kappa shape index (κ2) is 8.63. The number of hydrogen-bond donors (Lipinski definition) is 1. The first-order valence-electron chi connectivity index (χ1n) is 9.55. The lowest BCUT2D eigenvalue weighted by Gasteiger charge is -2.40. The normalized spacial score (nSPS) is 23.7. The number of rotatable bonds is 9. The Balaban J connectivity index is 1.52. The second-order valence-corrected chi connectivity index (χ2v) is 7.12. The average Bonchev–Trinajstić information content (AvgIpc) is 3.34. The van der Waals surface area contributed by atoms with Crippen molar-refractivity contribution in [3.05, 3.63) is 18.0 Å². The molecule has 27 heavy (non-hydrogen) atoms. The van der Waals surface area contributed by atoms with E-state index in [0.29, 0.717) is 32.4 Å². The van der Waals surface area contributed by atoms with Crippen LogP contribution in [0.4, 0.5) is 0 Å². The van der Waals surface area contributed by atoms with Crippen LogP contribution < -0.4 is 5.32 Å². The number of likely N-dealkylation sites (N-methyl/N-ethyl adjacent to an activating group) is 1. The Morgan fingerprint density at radius 1 is 1.48 bits per heavy atom. The smallest absolute Gasteiger partial charge is 0.220 e. The Morgan fingerprint density at radius 2 is 2.30 bits per heavy atom. The van der Waals surface area contributed by atoms with E-state index in [-0.39, 0.29) is 18.1 Å². The summed E-state index contributed by atoms with van der Waals surface area (Å²) < 4.78 is 7.79. The van der Waals surface area contributed by atoms with Crippen molar-refractivity contribution in [3.8, 4) is 12.3 Å². The maximum Gasteiger partial charge on any atom is 0.220 e. The van der Waals surface area contributed by atoms with Gasteiger partial charge in [-0.2, -0.15) is 15.3 Å². The zero-order chi connectivity index (χ0) is 19.3. The molecule has 8 heteroatoms. The molecule has 3 rings (SSSR count). The van der Waals surface area contributed by atoms with Gasteiger partial charge >= 0.3 is 0 Å². The number of carbonyl (C=O) groups excluding carboxylic acids is 1. The number of terminal acetylenes is 1. The van der Waals surface area contributed by atoms with Gasteiger partial charge in [-0.25, -0.2) is 0 Å². The van der Waals surface area contributed by atoms with Crippen molar-refractivity contribution in [2.24, 2.45) is 17.3 Å². The number of carbonyl (C=O) groups is 1. The summed E-state index contributed by atoms with van der Waals surface area (Å²) in [6.45, 7) is 5.08. The van der Waals surface area contributed by atoms with Gasteiger partial charge < -0.3 is 10.1 Å². The fourth-order valence-electron chi connectivity index (χ4n) is 3.62. The van der Waals surface area contributed by atoms with E-state index in [1.54, 1.807) is 4.68 Å². The number of ether oxygens (including phenoxy) is 1. The molecule has 1 saturated heterocycles. The van der Waals surface area contributed by atoms with E-state index in [9.17, 15) is 4.79 Å². The first-order valence-corrected chi connectivity index (χ1v) is 9.55. The van der Waals surface area contributed by atoms with Crippen LogP contribution in [-0.4, -0.2) is 58.6 Å². The van der Waals surface area contributed by atoms with Crippen molar-refractivity contribution in [2.45, 2.75) is 50.4 Å². The van der Waals surface area contributed by atoms with E-state index in [0.717, 1.165) is 25.1 Å². The highest BCUT2D eigenvalue weighted by Crippen LogP contribution is 2.37. The van der Waals surface area contributed by atoms with Gasteiger partial charge in [0.2, 0.25) is 5.91 Å². The third kappa shape index (κ3) is 4.93. The molecule has 2 atom stereocenters. The molecule has 2 aliphatic heterocycles. The third-order valence-electron chi connectivity index (χ3n) is 5.23. The maximum atomic E-state index is 12.3. The lowest BCUT2D eigenvalue weighted by atomic mass is 10.00. The molecular formula is C19H28N6O2. The minimum atomic E-state index is -0.414. The quantitative estimate of drug-likeness (QED) is 0.668. The van der Waals surface area contributed by atoms with Crippen molar-refractivity contribution in [1.82, 2.24) is 20.0 Å². The Bertz CT molecular complexity index is 716. The minimum absolute atomic E-state index is 0.00505. The van der Waals surface area contributed by atoms with Gasteiger partial charge in [0.25, 0.3) is 0 Å².